The fraction of sp³-hybridized carbons (Fsp3) is 0.917. The summed E-state index contributed by atoms with van der Waals surface area (Å²) in [5.41, 5.74) is 5.17. The minimum absolute atomic E-state index is 0. The average molecular weight is 267 g/mol. The lowest BCUT2D eigenvalue weighted by molar-refractivity contribution is -0.133. The van der Waals surface area contributed by atoms with E-state index in [1.165, 1.54) is 0 Å². The zero-order chi connectivity index (χ0) is 12.8. The van der Waals surface area contributed by atoms with E-state index in [4.69, 9.17) is 10.5 Å². The highest BCUT2D eigenvalue weighted by Gasteiger charge is 2.22. The third kappa shape index (κ3) is 9.39. The third-order valence-corrected chi connectivity index (χ3v) is 2.40. The molecule has 0 spiro atoms. The van der Waals surface area contributed by atoms with Crippen LogP contribution < -0.4 is 11.1 Å². The van der Waals surface area contributed by atoms with E-state index in [9.17, 15) is 4.79 Å². The number of hydrogen-bond acceptors (Lipinski definition) is 3. The first-order valence-corrected chi connectivity index (χ1v) is 5.92. The Morgan fingerprint density at radius 1 is 1.35 bits per heavy atom. The Morgan fingerprint density at radius 2 is 1.88 bits per heavy atom. The molecule has 0 aliphatic rings. The third-order valence-electron chi connectivity index (χ3n) is 2.40. The van der Waals surface area contributed by atoms with Gasteiger partial charge in [-0.3, -0.25) is 4.79 Å². The highest BCUT2D eigenvalue weighted by molar-refractivity contribution is 5.85. The molecule has 0 heterocycles. The van der Waals surface area contributed by atoms with E-state index < -0.39 is 6.10 Å². The van der Waals surface area contributed by atoms with Gasteiger partial charge >= 0.3 is 0 Å². The van der Waals surface area contributed by atoms with Crippen molar-refractivity contribution in [1.82, 2.24) is 5.32 Å². The maximum atomic E-state index is 11.7. The van der Waals surface area contributed by atoms with Crippen LogP contribution in [0.2, 0.25) is 0 Å². The summed E-state index contributed by atoms with van der Waals surface area (Å²) in [6, 6.07) is 0. The summed E-state index contributed by atoms with van der Waals surface area (Å²) in [7, 11) is 0. The largest absolute Gasteiger partial charge is 0.369 e. The van der Waals surface area contributed by atoms with Gasteiger partial charge in [0.1, 0.15) is 6.10 Å². The van der Waals surface area contributed by atoms with Crippen LogP contribution in [0.3, 0.4) is 0 Å². The zero-order valence-corrected chi connectivity index (χ0v) is 12.4. The second-order valence-corrected chi connectivity index (χ2v) is 5.27. The molecule has 0 aromatic rings. The summed E-state index contributed by atoms with van der Waals surface area (Å²) in [6.07, 6.45) is 0.558. The normalized spacial score (nSPS) is 13.1. The Labute approximate surface area is 111 Å². The molecule has 1 amide bonds. The van der Waals surface area contributed by atoms with Crippen LogP contribution in [0, 0.1) is 5.92 Å². The number of nitrogens with one attached hydrogen (secondary N) is 1. The molecule has 17 heavy (non-hydrogen) atoms. The van der Waals surface area contributed by atoms with E-state index >= 15 is 0 Å². The van der Waals surface area contributed by atoms with Crippen LogP contribution >= 0.6 is 12.4 Å². The second kappa shape index (κ2) is 8.72. The molecule has 3 N–H and O–H groups in total. The lowest BCUT2D eigenvalue weighted by atomic mass is 10.1. The summed E-state index contributed by atoms with van der Waals surface area (Å²) < 4.78 is 5.45. The monoisotopic (exact) mass is 266 g/mol. The van der Waals surface area contributed by atoms with E-state index in [1.807, 2.05) is 13.8 Å². The van der Waals surface area contributed by atoms with Crippen molar-refractivity contribution < 1.29 is 9.53 Å². The van der Waals surface area contributed by atoms with Crippen molar-refractivity contribution in [3.05, 3.63) is 0 Å². The molecule has 0 saturated carbocycles. The first kappa shape index (κ1) is 19.0. The Hall–Kier alpha value is -0.320. The van der Waals surface area contributed by atoms with Gasteiger partial charge in [0.25, 0.3) is 0 Å². The molecule has 0 saturated heterocycles. The van der Waals surface area contributed by atoms with Gasteiger partial charge in [0.2, 0.25) is 5.91 Å². The highest BCUT2D eigenvalue weighted by Crippen LogP contribution is 2.04. The summed E-state index contributed by atoms with van der Waals surface area (Å²) in [5.74, 6) is 0.495. The van der Waals surface area contributed by atoms with Crippen molar-refractivity contribution in [3.63, 3.8) is 0 Å². The first-order chi connectivity index (χ1) is 7.28. The van der Waals surface area contributed by atoms with E-state index in [1.54, 1.807) is 6.92 Å². The lowest BCUT2D eigenvalue weighted by Crippen LogP contribution is -2.52. The molecule has 0 aromatic carbocycles. The quantitative estimate of drug-likeness (QED) is 0.737. The van der Waals surface area contributed by atoms with E-state index in [0.29, 0.717) is 19.1 Å². The lowest BCUT2D eigenvalue weighted by Gasteiger charge is -2.26. The fourth-order valence-electron chi connectivity index (χ4n) is 1.04. The zero-order valence-electron chi connectivity index (χ0n) is 11.6. The van der Waals surface area contributed by atoms with Gasteiger partial charge in [-0.15, -0.1) is 12.4 Å². The summed E-state index contributed by atoms with van der Waals surface area (Å²) in [4.78, 5) is 11.7. The van der Waals surface area contributed by atoms with E-state index in [-0.39, 0.29) is 23.9 Å². The smallest absolute Gasteiger partial charge is 0.249 e. The average Bonchev–Trinajstić information content (AvgIpc) is 2.16. The molecule has 0 rings (SSSR count). The van der Waals surface area contributed by atoms with E-state index in [0.717, 1.165) is 6.42 Å². The van der Waals surface area contributed by atoms with Crippen LogP contribution in [-0.4, -0.2) is 30.7 Å². The van der Waals surface area contributed by atoms with Gasteiger partial charge in [-0.1, -0.05) is 13.8 Å². The maximum absolute atomic E-state index is 11.7. The first-order valence-electron chi connectivity index (χ1n) is 5.92. The predicted octanol–water partition coefficient (Wildman–Crippen LogP) is 1.71. The molecular formula is C12H27ClN2O2. The SMILES string of the molecule is CC(C)CCOC(C)C(=O)NC(C)(C)CN.Cl. The highest BCUT2D eigenvalue weighted by atomic mass is 35.5. The molecular weight excluding hydrogens is 240 g/mol. The molecule has 0 aliphatic carbocycles. The number of carbonyl (C=O) groups excluding carboxylic acids is 1. The van der Waals surface area contributed by atoms with Gasteiger partial charge < -0.3 is 15.8 Å². The Bertz CT molecular complexity index is 221. The molecule has 0 radical (unpaired) electrons. The van der Waals surface area contributed by atoms with Crippen LogP contribution in [-0.2, 0) is 9.53 Å². The molecule has 4 nitrogen and oxygen atoms in total. The molecule has 0 aromatic heterocycles. The van der Waals surface area contributed by atoms with Gasteiger partial charge in [-0.25, -0.2) is 0 Å². The number of amides is 1. The maximum Gasteiger partial charge on any atom is 0.249 e. The van der Waals surface area contributed by atoms with Crippen molar-refractivity contribution in [2.75, 3.05) is 13.2 Å². The number of halogens is 1. The summed E-state index contributed by atoms with van der Waals surface area (Å²) >= 11 is 0. The minimum Gasteiger partial charge on any atom is -0.369 e. The number of ether oxygens (including phenoxy) is 1. The number of nitrogens with two attached hydrogens (primary N) is 1. The van der Waals surface area contributed by atoms with Crippen LogP contribution in [0.15, 0.2) is 0 Å². The molecule has 5 heteroatoms. The van der Waals surface area contributed by atoms with E-state index in [2.05, 4.69) is 19.2 Å². The minimum atomic E-state index is -0.412. The van der Waals surface area contributed by atoms with Gasteiger partial charge in [0.05, 0.1) is 0 Å². The topological polar surface area (TPSA) is 64.3 Å². The van der Waals surface area contributed by atoms with Gasteiger partial charge in [0.15, 0.2) is 0 Å². The van der Waals surface area contributed by atoms with Gasteiger partial charge in [0, 0.05) is 18.7 Å². The molecule has 104 valence electrons. The molecule has 1 atom stereocenters. The Morgan fingerprint density at radius 3 is 2.29 bits per heavy atom. The number of rotatable bonds is 7. The van der Waals surface area contributed by atoms with Gasteiger partial charge in [-0.05, 0) is 33.1 Å². The van der Waals surface area contributed by atoms with Crippen LogP contribution in [0.1, 0.15) is 41.0 Å². The number of carbonyl (C=O) groups is 1. The van der Waals surface area contributed by atoms with Crippen molar-refractivity contribution >= 4 is 18.3 Å². The van der Waals surface area contributed by atoms with Crippen LogP contribution in [0.25, 0.3) is 0 Å². The fourth-order valence-corrected chi connectivity index (χ4v) is 1.04. The van der Waals surface area contributed by atoms with Crippen molar-refractivity contribution in [2.24, 2.45) is 11.7 Å². The Kier molecular flexibility index (Phi) is 9.77. The van der Waals surface area contributed by atoms with Crippen molar-refractivity contribution in [2.45, 2.75) is 52.7 Å². The molecule has 0 bridgehead atoms. The number of hydrogen-bond donors (Lipinski definition) is 2. The molecule has 0 aliphatic heterocycles. The van der Waals surface area contributed by atoms with Crippen molar-refractivity contribution in [3.8, 4) is 0 Å². The van der Waals surface area contributed by atoms with Crippen LogP contribution in [0.4, 0.5) is 0 Å². The van der Waals surface area contributed by atoms with Gasteiger partial charge in [-0.2, -0.15) is 0 Å². The van der Waals surface area contributed by atoms with Crippen LogP contribution in [0.5, 0.6) is 0 Å². The summed E-state index contributed by atoms with van der Waals surface area (Å²) in [5, 5.41) is 2.85. The predicted molar refractivity (Wildman–Crippen MR) is 73.4 cm³/mol. The second-order valence-electron chi connectivity index (χ2n) is 5.27. The van der Waals surface area contributed by atoms with Crippen molar-refractivity contribution in [1.29, 1.82) is 0 Å². The summed E-state index contributed by atoms with van der Waals surface area (Å²) in [6.45, 7) is 10.9. The molecule has 0 fully saturated rings. The standard InChI is InChI=1S/C12H26N2O2.ClH/c1-9(2)6-7-16-10(3)11(15)14-12(4,5)8-13;/h9-10H,6-8,13H2,1-5H3,(H,14,15);1H. The Balaban J connectivity index is 0. The molecule has 1 unspecified atom stereocenters.